The topological polar surface area (TPSA) is 59.7 Å². The molecule has 2 heterocycles. The fourth-order valence-corrected chi connectivity index (χ4v) is 3.80. The van der Waals surface area contributed by atoms with Gasteiger partial charge in [-0.3, -0.25) is 9.38 Å². The second kappa shape index (κ2) is 6.47. The van der Waals surface area contributed by atoms with Gasteiger partial charge >= 0.3 is 6.09 Å². The molecule has 0 aliphatic heterocycles. The monoisotopic (exact) mass is 380 g/mol. The first-order chi connectivity index (χ1) is 11.0. The molecule has 124 valence electrons. The zero-order valence-corrected chi connectivity index (χ0v) is 15.2. The Balaban J connectivity index is 1.74. The van der Waals surface area contributed by atoms with Gasteiger partial charge < -0.3 is 9.64 Å². The SMILES string of the molecule is Cc1nccn2c1c(Br)nc2[C@H]1CC[C@H](OC(=O)N(C)C)CC1. The Kier molecular flexibility index (Phi) is 4.57. The third-order valence-electron chi connectivity index (χ3n) is 4.39. The molecule has 23 heavy (non-hydrogen) atoms. The number of fused-ring (bicyclic) bond motifs is 1. The van der Waals surface area contributed by atoms with E-state index in [-0.39, 0.29) is 12.2 Å². The summed E-state index contributed by atoms with van der Waals surface area (Å²) >= 11 is 3.55. The number of carbonyl (C=O) groups is 1. The maximum absolute atomic E-state index is 11.7. The van der Waals surface area contributed by atoms with E-state index in [4.69, 9.17) is 9.72 Å². The third-order valence-corrected chi connectivity index (χ3v) is 4.95. The van der Waals surface area contributed by atoms with Crippen LogP contribution < -0.4 is 0 Å². The number of hydrogen-bond donors (Lipinski definition) is 0. The van der Waals surface area contributed by atoms with Crippen molar-refractivity contribution in [2.75, 3.05) is 14.1 Å². The minimum Gasteiger partial charge on any atom is -0.446 e. The van der Waals surface area contributed by atoms with E-state index in [0.29, 0.717) is 5.92 Å². The van der Waals surface area contributed by atoms with Gasteiger partial charge in [-0.1, -0.05) is 0 Å². The van der Waals surface area contributed by atoms with Gasteiger partial charge in [-0.25, -0.2) is 9.78 Å². The molecule has 0 unspecified atom stereocenters. The standard InChI is InChI=1S/C16H21BrN4O2/c1-10-13-14(17)19-15(21(13)9-8-18-10)11-4-6-12(7-5-11)23-16(22)20(2)3/h8-9,11-12H,4-7H2,1-3H3/t11-,12-. The molecule has 1 saturated carbocycles. The Morgan fingerprint density at radius 2 is 2.04 bits per heavy atom. The first-order valence-corrected chi connectivity index (χ1v) is 8.63. The second-order valence-electron chi connectivity index (χ2n) is 6.24. The van der Waals surface area contributed by atoms with E-state index in [9.17, 15) is 4.79 Å². The van der Waals surface area contributed by atoms with Crippen LogP contribution in [0, 0.1) is 6.92 Å². The van der Waals surface area contributed by atoms with Gasteiger partial charge in [0.05, 0.1) is 5.69 Å². The lowest BCUT2D eigenvalue weighted by Crippen LogP contribution is -2.30. The number of carbonyl (C=O) groups excluding carboxylic acids is 1. The zero-order chi connectivity index (χ0) is 16.6. The number of amides is 1. The molecule has 0 spiro atoms. The first-order valence-electron chi connectivity index (χ1n) is 7.84. The molecule has 0 N–H and O–H groups in total. The number of ether oxygens (including phenoxy) is 1. The summed E-state index contributed by atoms with van der Waals surface area (Å²) in [4.78, 5) is 22.2. The molecule has 1 aliphatic carbocycles. The van der Waals surface area contributed by atoms with Crippen molar-refractivity contribution in [3.63, 3.8) is 0 Å². The number of hydrogen-bond acceptors (Lipinski definition) is 4. The summed E-state index contributed by atoms with van der Waals surface area (Å²) in [5, 5.41) is 0. The summed E-state index contributed by atoms with van der Waals surface area (Å²) in [6.45, 7) is 1.99. The summed E-state index contributed by atoms with van der Waals surface area (Å²) in [7, 11) is 3.41. The lowest BCUT2D eigenvalue weighted by molar-refractivity contribution is 0.0521. The molecule has 0 bridgehead atoms. The Hall–Kier alpha value is -1.63. The number of rotatable bonds is 2. The summed E-state index contributed by atoms with van der Waals surface area (Å²) in [6.07, 6.45) is 7.22. The van der Waals surface area contributed by atoms with Crippen LogP contribution in [-0.4, -0.2) is 45.6 Å². The molecule has 6 nitrogen and oxygen atoms in total. The van der Waals surface area contributed by atoms with Gasteiger partial charge in [0.15, 0.2) is 0 Å². The van der Waals surface area contributed by atoms with Gasteiger partial charge in [0.2, 0.25) is 0 Å². The average Bonchev–Trinajstić information content (AvgIpc) is 2.86. The molecule has 0 saturated heterocycles. The number of nitrogens with zero attached hydrogens (tertiary/aromatic N) is 4. The molecule has 1 amide bonds. The van der Waals surface area contributed by atoms with Crippen molar-refractivity contribution in [3.8, 4) is 0 Å². The minimum absolute atomic E-state index is 0.0132. The summed E-state index contributed by atoms with van der Waals surface area (Å²) in [5.41, 5.74) is 2.00. The molecule has 1 aliphatic rings. The molecule has 3 rings (SSSR count). The van der Waals surface area contributed by atoms with Gasteiger partial charge in [-0.15, -0.1) is 0 Å². The lowest BCUT2D eigenvalue weighted by atomic mass is 9.87. The van der Waals surface area contributed by atoms with Crippen molar-refractivity contribution in [3.05, 3.63) is 28.5 Å². The zero-order valence-electron chi connectivity index (χ0n) is 13.6. The normalized spacial score (nSPS) is 21.4. The second-order valence-corrected chi connectivity index (χ2v) is 7.00. The molecule has 2 aromatic heterocycles. The first kappa shape index (κ1) is 16.2. The Morgan fingerprint density at radius 1 is 1.35 bits per heavy atom. The highest BCUT2D eigenvalue weighted by atomic mass is 79.9. The third kappa shape index (κ3) is 3.20. The fraction of sp³-hybridized carbons (Fsp3) is 0.562. The van der Waals surface area contributed by atoms with E-state index >= 15 is 0 Å². The number of imidazole rings is 1. The summed E-state index contributed by atoms with van der Waals surface area (Å²) < 4.78 is 8.46. The molecular formula is C16H21BrN4O2. The van der Waals surface area contributed by atoms with E-state index in [0.717, 1.165) is 47.3 Å². The number of aryl methyl sites for hydroxylation is 1. The van der Waals surface area contributed by atoms with Crippen LogP contribution >= 0.6 is 15.9 Å². The lowest BCUT2D eigenvalue weighted by Gasteiger charge is -2.28. The van der Waals surface area contributed by atoms with E-state index < -0.39 is 0 Å². The predicted octanol–water partition coefficient (Wildman–Crippen LogP) is 3.52. The van der Waals surface area contributed by atoms with Crippen LogP contribution in [-0.2, 0) is 4.74 Å². The van der Waals surface area contributed by atoms with E-state index in [1.807, 2.05) is 19.3 Å². The molecule has 0 atom stereocenters. The highest BCUT2D eigenvalue weighted by Gasteiger charge is 2.28. The summed E-state index contributed by atoms with van der Waals surface area (Å²) in [5.74, 6) is 1.44. The molecule has 7 heteroatoms. The number of halogens is 1. The minimum atomic E-state index is -0.260. The quantitative estimate of drug-likeness (QED) is 0.799. The van der Waals surface area contributed by atoms with Crippen LogP contribution in [0.25, 0.3) is 5.52 Å². The van der Waals surface area contributed by atoms with Crippen LogP contribution in [0.2, 0.25) is 0 Å². The highest BCUT2D eigenvalue weighted by Crippen LogP contribution is 2.35. The van der Waals surface area contributed by atoms with E-state index in [2.05, 4.69) is 25.3 Å². The Labute approximate surface area is 144 Å². The largest absolute Gasteiger partial charge is 0.446 e. The maximum atomic E-state index is 11.7. The highest BCUT2D eigenvalue weighted by molar-refractivity contribution is 9.10. The van der Waals surface area contributed by atoms with Crippen molar-refractivity contribution in [1.82, 2.24) is 19.3 Å². The van der Waals surface area contributed by atoms with Crippen LogP contribution in [0.4, 0.5) is 4.79 Å². The molecular weight excluding hydrogens is 360 g/mol. The van der Waals surface area contributed by atoms with Crippen LogP contribution in [0.15, 0.2) is 17.0 Å². The predicted molar refractivity (Wildman–Crippen MR) is 90.6 cm³/mol. The van der Waals surface area contributed by atoms with Crippen molar-refractivity contribution in [2.45, 2.75) is 44.6 Å². The van der Waals surface area contributed by atoms with Gasteiger partial charge in [0.1, 0.15) is 22.0 Å². The van der Waals surface area contributed by atoms with Crippen LogP contribution in [0.5, 0.6) is 0 Å². The van der Waals surface area contributed by atoms with E-state index in [1.54, 1.807) is 14.1 Å². The van der Waals surface area contributed by atoms with Gasteiger partial charge in [-0.2, -0.15) is 0 Å². The Bertz CT molecular complexity index is 720. The van der Waals surface area contributed by atoms with E-state index in [1.165, 1.54) is 4.90 Å². The van der Waals surface area contributed by atoms with Crippen LogP contribution in [0.1, 0.15) is 43.1 Å². The summed E-state index contributed by atoms with van der Waals surface area (Å²) in [6, 6.07) is 0. The Morgan fingerprint density at radius 3 is 2.70 bits per heavy atom. The molecule has 0 aromatic carbocycles. The van der Waals surface area contributed by atoms with Crippen molar-refractivity contribution >= 4 is 27.5 Å². The average molecular weight is 381 g/mol. The van der Waals surface area contributed by atoms with Crippen molar-refractivity contribution < 1.29 is 9.53 Å². The fourth-order valence-electron chi connectivity index (χ4n) is 3.14. The van der Waals surface area contributed by atoms with Crippen molar-refractivity contribution in [1.29, 1.82) is 0 Å². The van der Waals surface area contributed by atoms with Crippen LogP contribution in [0.3, 0.4) is 0 Å². The van der Waals surface area contributed by atoms with Gasteiger partial charge in [0, 0.05) is 32.4 Å². The van der Waals surface area contributed by atoms with Crippen molar-refractivity contribution in [2.24, 2.45) is 0 Å². The number of aromatic nitrogens is 3. The maximum Gasteiger partial charge on any atom is 0.409 e. The molecule has 2 aromatic rings. The van der Waals surface area contributed by atoms with Gasteiger partial charge in [-0.05, 0) is 48.5 Å². The molecule has 0 radical (unpaired) electrons. The smallest absolute Gasteiger partial charge is 0.409 e. The van der Waals surface area contributed by atoms with Gasteiger partial charge in [0.25, 0.3) is 0 Å². The molecule has 1 fully saturated rings.